The van der Waals surface area contributed by atoms with E-state index in [0.717, 1.165) is 77.6 Å². The fourth-order valence-electron chi connectivity index (χ4n) is 9.18. The van der Waals surface area contributed by atoms with Crippen molar-refractivity contribution in [3.05, 3.63) is 188 Å². The van der Waals surface area contributed by atoms with Crippen LogP contribution in [0.5, 0.6) is 0 Å². The lowest BCUT2D eigenvalue weighted by atomic mass is 9.91. The molecule has 5 nitrogen and oxygen atoms in total. The third-order valence-electron chi connectivity index (χ3n) is 11.6. The number of aromatic nitrogens is 5. The van der Waals surface area contributed by atoms with Gasteiger partial charge in [0.1, 0.15) is 5.52 Å². The number of benzene rings is 7. The van der Waals surface area contributed by atoms with Gasteiger partial charge in [0.05, 0.1) is 44.1 Å². The van der Waals surface area contributed by atoms with Crippen molar-refractivity contribution in [2.75, 3.05) is 0 Å². The zero-order chi connectivity index (χ0) is 36.9. The Morgan fingerprint density at radius 2 is 1.09 bits per heavy atom. The highest BCUT2D eigenvalue weighted by Gasteiger charge is 2.24. The summed E-state index contributed by atoms with van der Waals surface area (Å²) in [5.74, 6) is 0. The number of allylic oxidation sites excluding steroid dienone is 5. The molecule has 0 unspecified atom stereocenters. The number of nitrogens with zero attached hydrogens (tertiary/aromatic N) is 5. The molecule has 0 bridgehead atoms. The first-order valence-corrected chi connectivity index (χ1v) is 19.1. The van der Waals surface area contributed by atoms with Gasteiger partial charge in [-0.15, -0.1) is 0 Å². The van der Waals surface area contributed by atoms with Crippen LogP contribution in [0.3, 0.4) is 0 Å². The molecule has 1 aliphatic rings. The molecule has 0 amide bonds. The molecule has 4 aromatic heterocycles. The Labute approximate surface area is 321 Å². The van der Waals surface area contributed by atoms with Gasteiger partial charge in [-0.25, -0.2) is 9.97 Å². The third kappa shape index (κ3) is 4.31. The molecule has 0 spiro atoms. The topological polar surface area (TPSA) is 40.1 Å². The second-order valence-corrected chi connectivity index (χ2v) is 14.6. The Bertz CT molecular complexity index is 3520. The molecule has 5 heteroatoms. The summed E-state index contributed by atoms with van der Waals surface area (Å²) in [7, 11) is 0. The van der Waals surface area contributed by atoms with Crippen LogP contribution in [0.15, 0.2) is 183 Å². The normalized spacial score (nSPS) is 14.3. The van der Waals surface area contributed by atoms with Gasteiger partial charge in [0.2, 0.25) is 0 Å². The first-order valence-electron chi connectivity index (χ1n) is 19.1. The smallest absolute Gasteiger partial charge is 0.160 e. The van der Waals surface area contributed by atoms with Crippen molar-refractivity contribution in [1.82, 2.24) is 23.5 Å². The highest BCUT2D eigenvalue weighted by atomic mass is 15.1. The van der Waals surface area contributed by atoms with E-state index in [1.807, 2.05) is 12.1 Å². The van der Waals surface area contributed by atoms with Crippen molar-refractivity contribution in [2.24, 2.45) is 0 Å². The Morgan fingerprint density at radius 3 is 1.79 bits per heavy atom. The lowest BCUT2D eigenvalue weighted by molar-refractivity contribution is 0.877. The van der Waals surface area contributed by atoms with Gasteiger partial charge < -0.3 is 13.5 Å². The number of hydrogen-bond acceptors (Lipinski definition) is 2. The Hall–Kier alpha value is -7.50. The molecule has 0 saturated heterocycles. The van der Waals surface area contributed by atoms with Crippen molar-refractivity contribution in [3.8, 4) is 16.8 Å². The van der Waals surface area contributed by atoms with Crippen LogP contribution in [0.2, 0.25) is 0 Å². The van der Waals surface area contributed by atoms with Crippen molar-refractivity contribution >= 4 is 87.8 Å². The van der Waals surface area contributed by atoms with Crippen LogP contribution < -0.4 is 0 Å². The van der Waals surface area contributed by atoms with E-state index in [0.29, 0.717) is 6.54 Å². The SMILES string of the molecule is C=C1/C=C\C=C/Cn2c3nc4ccccc4nc3c3ccccc3n3c4ccccc4c4cc(-c5ccc(-n6c7ccccc7c7ccccc76)cc5)c1c2c43. The molecule has 0 atom stereocenters. The molecule has 7 aromatic carbocycles. The molecule has 12 rings (SSSR count). The Kier molecular flexibility index (Phi) is 6.48. The van der Waals surface area contributed by atoms with E-state index in [1.165, 1.54) is 32.6 Å². The minimum absolute atomic E-state index is 0.597. The monoisotopic (exact) mass is 715 g/mol. The maximum atomic E-state index is 5.44. The molecule has 0 radical (unpaired) electrons. The number of rotatable bonds is 2. The number of hydrogen-bond donors (Lipinski definition) is 0. The van der Waals surface area contributed by atoms with Gasteiger partial charge in [0.25, 0.3) is 0 Å². The summed E-state index contributed by atoms with van der Waals surface area (Å²) in [6.45, 7) is 5.36. The average Bonchev–Trinajstić information content (AvgIpc) is 3.78. The lowest BCUT2D eigenvalue weighted by Crippen LogP contribution is -2.07. The molecule has 0 aliphatic carbocycles. The zero-order valence-electron chi connectivity index (χ0n) is 30.4. The summed E-state index contributed by atoms with van der Waals surface area (Å²) in [6.07, 6.45) is 8.57. The van der Waals surface area contributed by atoms with Crippen LogP contribution in [0, 0.1) is 0 Å². The Morgan fingerprint density at radius 1 is 0.518 bits per heavy atom. The predicted molar refractivity (Wildman–Crippen MR) is 234 cm³/mol. The first kappa shape index (κ1) is 30.9. The molecular weight excluding hydrogens is 683 g/mol. The quantitative estimate of drug-likeness (QED) is 0.179. The number of fused-ring (bicyclic) bond motifs is 12. The van der Waals surface area contributed by atoms with Gasteiger partial charge in [-0.05, 0) is 71.3 Å². The minimum Gasteiger partial charge on any atom is -0.318 e. The summed E-state index contributed by atoms with van der Waals surface area (Å²) in [6, 6.07) is 54.4. The minimum atomic E-state index is 0.597. The summed E-state index contributed by atoms with van der Waals surface area (Å²) in [5.41, 5.74) is 15.6. The van der Waals surface area contributed by atoms with E-state index in [1.54, 1.807) is 0 Å². The van der Waals surface area contributed by atoms with Gasteiger partial charge in [-0.1, -0.05) is 128 Å². The molecule has 262 valence electrons. The fraction of sp³-hybridized carbons (Fsp3) is 0.0196. The van der Waals surface area contributed by atoms with Crippen molar-refractivity contribution in [2.45, 2.75) is 6.54 Å². The zero-order valence-corrected chi connectivity index (χ0v) is 30.4. The Balaban J connectivity index is 1.26. The van der Waals surface area contributed by atoms with Crippen molar-refractivity contribution in [3.63, 3.8) is 0 Å². The predicted octanol–water partition coefficient (Wildman–Crippen LogP) is 12.8. The van der Waals surface area contributed by atoms with E-state index < -0.39 is 0 Å². The first-order chi connectivity index (χ1) is 27.7. The van der Waals surface area contributed by atoms with E-state index >= 15 is 0 Å². The second-order valence-electron chi connectivity index (χ2n) is 14.6. The molecular formula is C51H33N5. The molecule has 56 heavy (non-hydrogen) atoms. The highest BCUT2D eigenvalue weighted by molar-refractivity contribution is 6.21. The van der Waals surface area contributed by atoms with Crippen LogP contribution >= 0.6 is 0 Å². The van der Waals surface area contributed by atoms with Gasteiger partial charge in [-0.2, -0.15) is 0 Å². The van der Waals surface area contributed by atoms with Crippen LogP contribution in [0.25, 0.3) is 105 Å². The average molecular weight is 716 g/mol. The van der Waals surface area contributed by atoms with E-state index in [9.17, 15) is 0 Å². The molecule has 0 saturated carbocycles. The molecule has 11 aromatic rings. The van der Waals surface area contributed by atoms with Gasteiger partial charge in [0.15, 0.2) is 5.65 Å². The molecule has 0 fully saturated rings. The fourth-order valence-corrected chi connectivity index (χ4v) is 9.18. The largest absolute Gasteiger partial charge is 0.318 e. The molecule has 0 N–H and O–H groups in total. The van der Waals surface area contributed by atoms with Crippen LogP contribution in [-0.4, -0.2) is 23.5 Å². The van der Waals surface area contributed by atoms with Crippen LogP contribution in [0.4, 0.5) is 0 Å². The lowest BCUT2D eigenvalue weighted by Gasteiger charge is -2.20. The van der Waals surface area contributed by atoms with Gasteiger partial charge in [0, 0.05) is 44.7 Å². The summed E-state index contributed by atoms with van der Waals surface area (Å²) in [4.78, 5) is 10.8. The summed E-state index contributed by atoms with van der Waals surface area (Å²) < 4.78 is 7.19. The van der Waals surface area contributed by atoms with Crippen LogP contribution in [-0.2, 0) is 6.54 Å². The summed E-state index contributed by atoms with van der Waals surface area (Å²) in [5, 5.41) is 5.92. The van der Waals surface area contributed by atoms with E-state index in [4.69, 9.17) is 16.5 Å². The van der Waals surface area contributed by atoms with Crippen molar-refractivity contribution in [1.29, 1.82) is 0 Å². The maximum absolute atomic E-state index is 5.44. The van der Waals surface area contributed by atoms with E-state index in [2.05, 4.69) is 177 Å². The summed E-state index contributed by atoms with van der Waals surface area (Å²) >= 11 is 0. The highest BCUT2D eigenvalue weighted by Crippen LogP contribution is 2.44. The van der Waals surface area contributed by atoms with Gasteiger partial charge in [-0.3, -0.25) is 0 Å². The number of para-hydroxylation sites is 6. The molecule has 1 aliphatic heterocycles. The third-order valence-corrected chi connectivity index (χ3v) is 11.6. The standard InChI is InChI=1S/C51H33N5/c1-32-15-3-2-14-30-54-50-47(32)39(33-26-28-34(29-27-33)55-43-22-10-4-16-35(43)36-17-5-11-23-44(36)55)31-40-37-18-6-12-24-45(37)56(49(40)50)46-25-13-7-19-38(46)48-51(54)53-42-21-9-8-20-41(42)52-48/h2-29,31H,1,30H2/b14-2-,15-3-. The van der Waals surface area contributed by atoms with Crippen molar-refractivity contribution < 1.29 is 0 Å². The maximum Gasteiger partial charge on any atom is 0.160 e. The van der Waals surface area contributed by atoms with E-state index in [-0.39, 0.29) is 0 Å². The second kappa shape index (κ2) is 11.7. The van der Waals surface area contributed by atoms with Crippen LogP contribution in [0.1, 0.15) is 5.56 Å². The molecule has 5 heterocycles. The van der Waals surface area contributed by atoms with Gasteiger partial charge >= 0.3 is 0 Å².